The van der Waals surface area contributed by atoms with Crippen LogP contribution < -0.4 is 0 Å². The summed E-state index contributed by atoms with van der Waals surface area (Å²) in [4.78, 5) is 21.0. The van der Waals surface area contributed by atoms with Crippen LogP contribution in [0.4, 0.5) is 11.4 Å². The van der Waals surface area contributed by atoms with E-state index >= 15 is 0 Å². The number of aromatic nitrogens is 2. The molecule has 3 aromatic rings. The maximum absolute atomic E-state index is 11.0. The van der Waals surface area contributed by atoms with Crippen molar-refractivity contribution in [1.29, 1.82) is 0 Å². The largest absolute Gasteiger partial charge is 0.349 e. The SMILES string of the molecule is Cc1noc(/C=C/c2ccc(/C=C/c3onc(C)c3[N+](=O)[O-])cc2)c1[N+](=O)[O-]. The lowest BCUT2D eigenvalue weighted by atomic mass is 10.1. The number of benzene rings is 1. The first kappa shape index (κ1) is 18.7. The van der Waals surface area contributed by atoms with Crippen molar-refractivity contribution >= 4 is 35.7 Å². The molecule has 0 bridgehead atoms. The van der Waals surface area contributed by atoms with Crippen LogP contribution in [-0.2, 0) is 0 Å². The lowest BCUT2D eigenvalue weighted by molar-refractivity contribution is -0.386. The molecular formula is C18H14N4O6. The van der Waals surface area contributed by atoms with Crippen LogP contribution in [0.2, 0.25) is 0 Å². The van der Waals surface area contributed by atoms with Gasteiger partial charge in [0.05, 0.1) is 9.85 Å². The average Bonchev–Trinajstić information content (AvgIpc) is 3.21. The lowest BCUT2D eigenvalue weighted by Crippen LogP contribution is -1.90. The summed E-state index contributed by atoms with van der Waals surface area (Å²) in [7, 11) is 0. The normalized spacial score (nSPS) is 11.5. The molecule has 0 radical (unpaired) electrons. The Labute approximate surface area is 158 Å². The van der Waals surface area contributed by atoms with Gasteiger partial charge in [0, 0.05) is 0 Å². The zero-order chi connectivity index (χ0) is 20.3. The Kier molecular flexibility index (Phi) is 5.12. The Morgan fingerprint density at radius 1 is 0.750 bits per heavy atom. The fourth-order valence-corrected chi connectivity index (χ4v) is 2.49. The van der Waals surface area contributed by atoms with Gasteiger partial charge in [-0.05, 0) is 37.1 Å². The molecule has 2 aromatic heterocycles. The molecule has 10 heteroatoms. The van der Waals surface area contributed by atoms with Crippen molar-refractivity contribution < 1.29 is 18.9 Å². The Bertz CT molecular complexity index is 1000. The molecule has 28 heavy (non-hydrogen) atoms. The third kappa shape index (κ3) is 3.85. The first-order valence-corrected chi connectivity index (χ1v) is 8.04. The zero-order valence-corrected chi connectivity index (χ0v) is 14.9. The highest BCUT2D eigenvalue weighted by atomic mass is 16.6. The number of rotatable bonds is 6. The van der Waals surface area contributed by atoms with Gasteiger partial charge < -0.3 is 9.05 Å². The molecule has 0 unspecified atom stereocenters. The van der Waals surface area contributed by atoms with E-state index in [1.807, 2.05) is 0 Å². The van der Waals surface area contributed by atoms with Crippen molar-refractivity contribution in [2.45, 2.75) is 13.8 Å². The second kappa shape index (κ2) is 7.66. The highest BCUT2D eigenvalue weighted by Gasteiger charge is 2.22. The van der Waals surface area contributed by atoms with Gasteiger partial charge in [-0.1, -0.05) is 46.7 Å². The fourth-order valence-electron chi connectivity index (χ4n) is 2.49. The van der Waals surface area contributed by atoms with Crippen molar-refractivity contribution in [1.82, 2.24) is 10.3 Å². The van der Waals surface area contributed by atoms with Gasteiger partial charge in [0.25, 0.3) is 0 Å². The van der Waals surface area contributed by atoms with Crippen LogP contribution in [0.5, 0.6) is 0 Å². The van der Waals surface area contributed by atoms with Crippen LogP contribution in [0.15, 0.2) is 33.3 Å². The van der Waals surface area contributed by atoms with Crippen molar-refractivity contribution in [2.24, 2.45) is 0 Å². The van der Waals surface area contributed by atoms with Crippen LogP contribution in [-0.4, -0.2) is 20.2 Å². The number of hydrogen-bond acceptors (Lipinski definition) is 8. The van der Waals surface area contributed by atoms with Crippen LogP contribution in [0.3, 0.4) is 0 Å². The van der Waals surface area contributed by atoms with E-state index in [0.29, 0.717) is 0 Å². The fraction of sp³-hybridized carbons (Fsp3) is 0.111. The van der Waals surface area contributed by atoms with Crippen molar-refractivity contribution in [2.75, 3.05) is 0 Å². The van der Waals surface area contributed by atoms with Crippen LogP contribution >= 0.6 is 0 Å². The summed E-state index contributed by atoms with van der Waals surface area (Å²) in [6.07, 6.45) is 6.27. The molecule has 142 valence electrons. The number of aryl methyl sites for hydroxylation is 2. The standard InChI is InChI=1S/C18H14N4O6/c1-11-17(21(23)24)15(27-19-11)9-7-13-3-5-14(6-4-13)8-10-16-18(22(25)26)12(2)20-28-16/h3-10H,1-2H3/b9-7+,10-8+. The molecule has 0 N–H and O–H groups in total. The summed E-state index contributed by atoms with van der Waals surface area (Å²) < 4.78 is 9.92. The first-order valence-electron chi connectivity index (χ1n) is 8.04. The van der Waals surface area contributed by atoms with Gasteiger partial charge >= 0.3 is 11.4 Å². The Morgan fingerprint density at radius 2 is 1.11 bits per heavy atom. The molecule has 0 atom stereocenters. The van der Waals surface area contributed by atoms with E-state index in [4.69, 9.17) is 9.05 Å². The van der Waals surface area contributed by atoms with Gasteiger partial charge in [0.15, 0.2) is 11.4 Å². The predicted molar refractivity (Wildman–Crippen MR) is 100 cm³/mol. The summed E-state index contributed by atoms with van der Waals surface area (Å²) in [5.41, 5.74) is 1.65. The summed E-state index contributed by atoms with van der Waals surface area (Å²) in [5, 5.41) is 29.3. The minimum atomic E-state index is -0.538. The van der Waals surface area contributed by atoms with Gasteiger partial charge in [-0.3, -0.25) is 20.2 Å². The second-order valence-electron chi connectivity index (χ2n) is 5.81. The molecular weight excluding hydrogens is 368 g/mol. The highest BCUT2D eigenvalue weighted by Crippen LogP contribution is 2.26. The highest BCUT2D eigenvalue weighted by molar-refractivity contribution is 5.74. The predicted octanol–water partition coefficient (Wildman–Crippen LogP) is 4.44. The van der Waals surface area contributed by atoms with E-state index in [1.54, 1.807) is 36.4 Å². The monoisotopic (exact) mass is 382 g/mol. The molecule has 0 spiro atoms. The van der Waals surface area contributed by atoms with E-state index in [1.165, 1.54) is 26.0 Å². The van der Waals surface area contributed by atoms with E-state index in [0.717, 1.165) is 11.1 Å². The van der Waals surface area contributed by atoms with Crippen molar-refractivity contribution in [3.63, 3.8) is 0 Å². The lowest BCUT2D eigenvalue weighted by Gasteiger charge is -1.95. The van der Waals surface area contributed by atoms with E-state index in [9.17, 15) is 20.2 Å². The van der Waals surface area contributed by atoms with Gasteiger partial charge in [-0.2, -0.15) is 0 Å². The number of hydrogen-bond donors (Lipinski definition) is 0. The van der Waals surface area contributed by atoms with Crippen LogP contribution in [0, 0.1) is 34.1 Å². The summed E-state index contributed by atoms with van der Waals surface area (Å²) in [6, 6.07) is 7.13. The summed E-state index contributed by atoms with van der Waals surface area (Å²) in [5.74, 6) is 0.138. The Morgan fingerprint density at radius 3 is 1.43 bits per heavy atom. The first-order chi connectivity index (χ1) is 13.4. The molecule has 0 saturated heterocycles. The molecule has 0 saturated carbocycles. The van der Waals surface area contributed by atoms with Crippen LogP contribution in [0.1, 0.15) is 34.0 Å². The molecule has 0 aliphatic carbocycles. The molecule has 10 nitrogen and oxygen atoms in total. The smallest absolute Gasteiger partial charge is 0.338 e. The molecule has 0 amide bonds. The Hall–Kier alpha value is -4.08. The van der Waals surface area contributed by atoms with Gasteiger partial charge in [-0.25, -0.2) is 0 Å². The minimum absolute atomic E-state index is 0.0690. The average molecular weight is 382 g/mol. The van der Waals surface area contributed by atoms with Gasteiger partial charge in [0.2, 0.25) is 11.5 Å². The van der Waals surface area contributed by atoms with E-state index < -0.39 is 9.85 Å². The maximum atomic E-state index is 11.0. The molecule has 1 aromatic carbocycles. The maximum Gasteiger partial charge on any atom is 0.338 e. The molecule has 3 rings (SSSR count). The topological polar surface area (TPSA) is 138 Å². The van der Waals surface area contributed by atoms with Crippen molar-refractivity contribution in [3.8, 4) is 0 Å². The molecule has 0 aliphatic heterocycles. The quantitative estimate of drug-likeness (QED) is 0.450. The molecule has 0 aliphatic rings. The third-order valence-corrected chi connectivity index (χ3v) is 3.87. The van der Waals surface area contributed by atoms with E-state index in [2.05, 4.69) is 10.3 Å². The van der Waals surface area contributed by atoms with Gasteiger partial charge in [-0.15, -0.1) is 0 Å². The third-order valence-electron chi connectivity index (χ3n) is 3.87. The van der Waals surface area contributed by atoms with Crippen LogP contribution in [0.25, 0.3) is 24.3 Å². The number of nitrogens with zero attached hydrogens (tertiary/aromatic N) is 4. The molecule has 2 heterocycles. The number of nitro groups is 2. The molecule has 0 fully saturated rings. The zero-order valence-electron chi connectivity index (χ0n) is 14.9. The summed E-state index contributed by atoms with van der Waals surface area (Å²) >= 11 is 0. The minimum Gasteiger partial charge on any atom is -0.349 e. The van der Waals surface area contributed by atoms with Crippen molar-refractivity contribution in [3.05, 3.63) is 78.5 Å². The van der Waals surface area contributed by atoms with E-state index in [-0.39, 0.29) is 34.3 Å². The second-order valence-corrected chi connectivity index (χ2v) is 5.81. The summed E-state index contributed by atoms with van der Waals surface area (Å²) in [6.45, 7) is 3.00. The van der Waals surface area contributed by atoms with Gasteiger partial charge in [0.1, 0.15) is 0 Å². The Balaban J connectivity index is 1.76.